The Bertz CT molecular complexity index is 855. The second-order valence-corrected chi connectivity index (χ2v) is 5.92. The van der Waals surface area contributed by atoms with Gasteiger partial charge >= 0.3 is 6.03 Å². The van der Waals surface area contributed by atoms with Crippen LogP contribution < -0.4 is 15.4 Å². The zero-order valence-electron chi connectivity index (χ0n) is 14.9. The minimum atomic E-state index is -0.283. The fourth-order valence-electron chi connectivity index (χ4n) is 2.70. The van der Waals surface area contributed by atoms with Crippen LogP contribution >= 0.6 is 0 Å². The maximum atomic E-state index is 12.2. The van der Waals surface area contributed by atoms with Gasteiger partial charge in [0.05, 0.1) is 17.9 Å². The smallest absolute Gasteiger partial charge is 0.319 e. The molecule has 3 rings (SSSR count). The minimum absolute atomic E-state index is 0.283. The summed E-state index contributed by atoms with van der Waals surface area (Å²) in [5.74, 6) is 0.874. The van der Waals surface area contributed by atoms with Crippen LogP contribution in [-0.4, -0.2) is 29.0 Å². The molecule has 0 bridgehead atoms. The Labute approximate surface area is 152 Å². The van der Waals surface area contributed by atoms with E-state index >= 15 is 0 Å². The van der Waals surface area contributed by atoms with Gasteiger partial charge in [0.1, 0.15) is 12.4 Å². The van der Waals surface area contributed by atoms with Crippen molar-refractivity contribution in [1.82, 2.24) is 15.1 Å². The van der Waals surface area contributed by atoms with Crippen LogP contribution in [0.4, 0.5) is 10.5 Å². The summed E-state index contributed by atoms with van der Waals surface area (Å²) in [6.45, 7) is 4.83. The molecule has 0 saturated heterocycles. The van der Waals surface area contributed by atoms with E-state index in [0.29, 0.717) is 18.8 Å². The van der Waals surface area contributed by atoms with Gasteiger partial charge in [0.15, 0.2) is 0 Å². The number of nitrogens with zero attached hydrogens (tertiary/aromatic N) is 2. The highest BCUT2D eigenvalue weighted by Crippen LogP contribution is 2.22. The summed E-state index contributed by atoms with van der Waals surface area (Å²) in [6, 6.07) is 15.1. The number of hydrogen-bond donors (Lipinski definition) is 2. The van der Waals surface area contributed by atoms with E-state index in [1.807, 2.05) is 68.6 Å². The number of rotatable bonds is 6. The fraction of sp³-hybridized carbons (Fsp3) is 0.200. The lowest BCUT2D eigenvalue weighted by Crippen LogP contribution is -2.32. The first kappa shape index (κ1) is 17.5. The average Bonchev–Trinajstić information content (AvgIpc) is 3.15. The van der Waals surface area contributed by atoms with Gasteiger partial charge in [-0.3, -0.25) is 0 Å². The van der Waals surface area contributed by atoms with E-state index in [9.17, 15) is 4.79 Å². The summed E-state index contributed by atoms with van der Waals surface area (Å²) in [7, 11) is 0. The molecule has 2 N–H and O–H groups in total. The summed E-state index contributed by atoms with van der Waals surface area (Å²) in [4.78, 5) is 12.2. The molecule has 1 aromatic heterocycles. The Balaban J connectivity index is 1.53. The van der Waals surface area contributed by atoms with Crippen LogP contribution in [0.5, 0.6) is 5.75 Å². The van der Waals surface area contributed by atoms with Crippen molar-refractivity contribution in [2.45, 2.75) is 13.8 Å². The van der Waals surface area contributed by atoms with Gasteiger partial charge in [-0.25, -0.2) is 9.48 Å². The van der Waals surface area contributed by atoms with Gasteiger partial charge in [0, 0.05) is 12.4 Å². The molecule has 0 aliphatic carbocycles. The molecule has 2 aromatic carbocycles. The summed E-state index contributed by atoms with van der Waals surface area (Å²) in [6.07, 6.45) is 3.53. The third-order valence-electron chi connectivity index (χ3n) is 3.95. The first-order valence-electron chi connectivity index (χ1n) is 8.48. The molecular weight excluding hydrogens is 328 g/mol. The number of amides is 2. The van der Waals surface area contributed by atoms with Gasteiger partial charge in [-0.1, -0.05) is 30.3 Å². The molecule has 0 atom stereocenters. The first-order valence-corrected chi connectivity index (χ1v) is 8.48. The summed E-state index contributed by atoms with van der Waals surface area (Å²) < 4.78 is 7.50. The van der Waals surface area contributed by atoms with Crippen LogP contribution in [0.1, 0.15) is 11.1 Å². The van der Waals surface area contributed by atoms with E-state index in [-0.39, 0.29) is 6.03 Å². The van der Waals surface area contributed by atoms with Gasteiger partial charge in [-0.05, 0) is 43.2 Å². The van der Waals surface area contributed by atoms with E-state index in [2.05, 4.69) is 15.7 Å². The summed E-state index contributed by atoms with van der Waals surface area (Å²) >= 11 is 0. The third kappa shape index (κ3) is 4.22. The van der Waals surface area contributed by atoms with Crippen LogP contribution in [0.25, 0.3) is 5.69 Å². The van der Waals surface area contributed by atoms with Crippen LogP contribution in [0.3, 0.4) is 0 Å². The van der Waals surface area contributed by atoms with Crippen molar-refractivity contribution in [3.8, 4) is 11.4 Å². The van der Waals surface area contributed by atoms with E-state index < -0.39 is 0 Å². The molecular formula is C20H22N4O2. The van der Waals surface area contributed by atoms with Gasteiger partial charge < -0.3 is 15.4 Å². The molecule has 2 amide bonds. The average molecular weight is 350 g/mol. The van der Waals surface area contributed by atoms with Crippen LogP contribution in [0.15, 0.2) is 60.9 Å². The van der Waals surface area contributed by atoms with Gasteiger partial charge in [0.25, 0.3) is 0 Å². The number of aromatic nitrogens is 2. The number of para-hydroxylation sites is 3. The van der Waals surface area contributed by atoms with E-state index in [1.165, 1.54) is 0 Å². The number of carbonyl (C=O) groups is 1. The van der Waals surface area contributed by atoms with E-state index in [1.54, 1.807) is 10.9 Å². The molecule has 0 unspecified atom stereocenters. The maximum absolute atomic E-state index is 12.2. The SMILES string of the molecule is Cc1cccc(C)c1OCCNC(=O)Nc1ccccc1-n1cccn1. The molecule has 6 nitrogen and oxygen atoms in total. The van der Waals surface area contributed by atoms with Gasteiger partial charge in [-0.2, -0.15) is 5.10 Å². The molecule has 1 heterocycles. The highest BCUT2D eigenvalue weighted by atomic mass is 16.5. The van der Waals surface area contributed by atoms with Crippen molar-refractivity contribution in [3.63, 3.8) is 0 Å². The lowest BCUT2D eigenvalue weighted by molar-refractivity contribution is 0.247. The van der Waals surface area contributed by atoms with Crippen molar-refractivity contribution in [2.24, 2.45) is 0 Å². The van der Waals surface area contributed by atoms with Crippen molar-refractivity contribution >= 4 is 11.7 Å². The number of carbonyl (C=O) groups excluding carboxylic acids is 1. The predicted molar refractivity (Wildman–Crippen MR) is 102 cm³/mol. The molecule has 0 aliphatic heterocycles. The van der Waals surface area contributed by atoms with Crippen LogP contribution in [0, 0.1) is 13.8 Å². The normalized spacial score (nSPS) is 10.4. The van der Waals surface area contributed by atoms with Crippen molar-refractivity contribution in [1.29, 1.82) is 0 Å². The molecule has 3 aromatic rings. The van der Waals surface area contributed by atoms with Crippen molar-refractivity contribution in [2.75, 3.05) is 18.5 Å². The number of benzene rings is 2. The lowest BCUT2D eigenvalue weighted by atomic mass is 10.1. The number of urea groups is 1. The molecule has 0 fully saturated rings. The molecule has 0 aliphatic rings. The highest BCUT2D eigenvalue weighted by Gasteiger charge is 2.08. The summed E-state index contributed by atoms with van der Waals surface area (Å²) in [5.41, 5.74) is 3.66. The zero-order valence-corrected chi connectivity index (χ0v) is 14.9. The quantitative estimate of drug-likeness (QED) is 0.666. The van der Waals surface area contributed by atoms with Gasteiger partial charge in [-0.15, -0.1) is 0 Å². The Kier molecular flexibility index (Phi) is 5.53. The molecule has 0 radical (unpaired) electrons. The molecule has 0 spiro atoms. The second kappa shape index (κ2) is 8.20. The van der Waals surface area contributed by atoms with Crippen LogP contribution in [0.2, 0.25) is 0 Å². The van der Waals surface area contributed by atoms with Crippen molar-refractivity contribution < 1.29 is 9.53 Å². The molecule has 6 heteroatoms. The Morgan fingerprint density at radius 3 is 2.58 bits per heavy atom. The monoisotopic (exact) mass is 350 g/mol. The topological polar surface area (TPSA) is 68.2 Å². The second-order valence-electron chi connectivity index (χ2n) is 5.92. The predicted octanol–water partition coefficient (Wildman–Crippen LogP) is 3.69. The highest BCUT2D eigenvalue weighted by molar-refractivity contribution is 5.91. The Morgan fingerprint density at radius 1 is 1.08 bits per heavy atom. The largest absolute Gasteiger partial charge is 0.491 e. The Hall–Kier alpha value is -3.28. The Morgan fingerprint density at radius 2 is 1.85 bits per heavy atom. The number of anilines is 1. The number of ether oxygens (including phenoxy) is 1. The van der Waals surface area contributed by atoms with Crippen molar-refractivity contribution in [3.05, 3.63) is 72.1 Å². The fourth-order valence-corrected chi connectivity index (χ4v) is 2.70. The van der Waals surface area contributed by atoms with Gasteiger partial charge in [0.2, 0.25) is 0 Å². The number of nitrogens with one attached hydrogen (secondary N) is 2. The molecule has 0 saturated carbocycles. The van der Waals surface area contributed by atoms with E-state index in [0.717, 1.165) is 22.6 Å². The third-order valence-corrected chi connectivity index (χ3v) is 3.95. The molecule has 26 heavy (non-hydrogen) atoms. The standard InChI is InChI=1S/C20H22N4O2/c1-15-7-5-8-16(2)19(15)26-14-12-21-20(25)23-17-9-3-4-10-18(17)24-13-6-11-22-24/h3-11,13H,12,14H2,1-2H3,(H2,21,23,25). The first-order chi connectivity index (χ1) is 12.6. The number of aryl methyl sites for hydroxylation is 2. The zero-order chi connectivity index (χ0) is 18.4. The molecule has 134 valence electrons. The lowest BCUT2D eigenvalue weighted by Gasteiger charge is -2.14. The van der Waals surface area contributed by atoms with E-state index in [4.69, 9.17) is 4.74 Å². The number of hydrogen-bond acceptors (Lipinski definition) is 3. The minimum Gasteiger partial charge on any atom is -0.491 e. The maximum Gasteiger partial charge on any atom is 0.319 e. The summed E-state index contributed by atoms with van der Waals surface area (Å²) in [5, 5.41) is 9.87. The van der Waals surface area contributed by atoms with Crippen LogP contribution in [-0.2, 0) is 0 Å².